The van der Waals surface area contributed by atoms with Crippen molar-refractivity contribution in [2.45, 2.75) is 38.8 Å². The quantitative estimate of drug-likeness (QED) is 0.813. The molecule has 1 amide bonds. The number of alkyl carbamates (subject to hydrolysis) is 1. The summed E-state index contributed by atoms with van der Waals surface area (Å²) in [4.78, 5) is 24.1. The van der Waals surface area contributed by atoms with Crippen LogP contribution in [-0.4, -0.2) is 37.2 Å². The average Bonchev–Trinajstić information content (AvgIpc) is 2.36. The minimum atomic E-state index is -0.603. The van der Waals surface area contributed by atoms with Gasteiger partial charge in [-0.1, -0.05) is 23.7 Å². The van der Waals surface area contributed by atoms with E-state index in [1.165, 1.54) is 7.11 Å². The van der Waals surface area contributed by atoms with Gasteiger partial charge >= 0.3 is 6.09 Å². The molecule has 0 aliphatic rings. The fourth-order valence-electron chi connectivity index (χ4n) is 1.85. The van der Waals surface area contributed by atoms with E-state index in [0.717, 1.165) is 0 Å². The Morgan fingerprint density at radius 2 is 1.91 bits per heavy atom. The summed E-state index contributed by atoms with van der Waals surface area (Å²) in [5, 5.41) is 3.03. The molecule has 0 saturated carbocycles. The van der Waals surface area contributed by atoms with Gasteiger partial charge in [-0.3, -0.25) is 4.79 Å². The second kappa shape index (κ2) is 8.15. The van der Waals surface area contributed by atoms with E-state index in [0.29, 0.717) is 10.6 Å². The van der Waals surface area contributed by atoms with E-state index in [-0.39, 0.29) is 18.8 Å². The molecular weight excluding hydrogens is 306 g/mol. The van der Waals surface area contributed by atoms with Gasteiger partial charge in [0.05, 0.1) is 17.7 Å². The molecule has 1 rings (SSSR count). The van der Waals surface area contributed by atoms with Crippen molar-refractivity contribution in [2.75, 3.05) is 13.7 Å². The van der Waals surface area contributed by atoms with Gasteiger partial charge in [0, 0.05) is 19.1 Å². The van der Waals surface area contributed by atoms with Crippen LogP contribution in [0.25, 0.3) is 0 Å². The Hall–Kier alpha value is -1.59. The predicted molar refractivity (Wildman–Crippen MR) is 85.4 cm³/mol. The molecule has 0 spiro atoms. The number of halogens is 1. The summed E-state index contributed by atoms with van der Waals surface area (Å²) < 4.78 is 10.2. The summed E-state index contributed by atoms with van der Waals surface area (Å²) in [5.41, 5.74) is -0.176. The fraction of sp³-hybridized carbons (Fsp3) is 0.500. The molecular formula is C16H22ClNO4. The number of hydrogen-bond donors (Lipinski definition) is 1. The van der Waals surface area contributed by atoms with Gasteiger partial charge < -0.3 is 14.8 Å². The van der Waals surface area contributed by atoms with E-state index in [9.17, 15) is 9.59 Å². The van der Waals surface area contributed by atoms with Crippen molar-refractivity contribution < 1.29 is 19.1 Å². The Morgan fingerprint density at radius 1 is 1.27 bits per heavy atom. The molecule has 1 N–H and O–H groups in total. The van der Waals surface area contributed by atoms with Crippen LogP contribution < -0.4 is 5.32 Å². The van der Waals surface area contributed by atoms with Gasteiger partial charge in [-0.05, 0) is 32.9 Å². The Kier molecular flexibility index (Phi) is 6.84. The number of Topliss-reactive ketones (excluding diaryl/α,β-unsaturated/α-hetero) is 1. The third-order valence-electron chi connectivity index (χ3n) is 2.69. The summed E-state index contributed by atoms with van der Waals surface area (Å²) >= 11 is 6.01. The molecule has 0 fully saturated rings. The molecule has 6 heteroatoms. The first-order valence-electron chi connectivity index (χ1n) is 6.99. The zero-order valence-corrected chi connectivity index (χ0v) is 14.1. The molecule has 122 valence electrons. The van der Waals surface area contributed by atoms with Crippen LogP contribution in [0.1, 0.15) is 37.6 Å². The second-order valence-electron chi connectivity index (χ2n) is 5.91. The van der Waals surface area contributed by atoms with E-state index >= 15 is 0 Å². The molecule has 0 bridgehead atoms. The summed E-state index contributed by atoms with van der Waals surface area (Å²) in [5.74, 6) is -0.163. The van der Waals surface area contributed by atoms with Gasteiger partial charge in [-0.15, -0.1) is 0 Å². The van der Waals surface area contributed by atoms with Crippen molar-refractivity contribution in [3.63, 3.8) is 0 Å². The van der Waals surface area contributed by atoms with Crippen LogP contribution in [0.4, 0.5) is 4.79 Å². The van der Waals surface area contributed by atoms with Crippen LogP contribution in [0.5, 0.6) is 0 Å². The number of carbonyl (C=O) groups excluding carboxylic acids is 2. The Labute approximate surface area is 135 Å². The second-order valence-corrected chi connectivity index (χ2v) is 6.31. The lowest BCUT2D eigenvalue weighted by atomic mass is 10.0. The van der Waals surface area contributed by atoms with Crippen molar-refractivity contribution >= 4 is 23.5 Å². The third-order valence-corrected chi connectivity index (χ3v) is 3.02. The van der Waals surface area contributed by atoms with E-state index in [4.69, 9.17) is 21.1 Å². The summed E-state index contributed by atoms with van der Waals surface area (Å²) in [6.07, 6.45) is -0.502. The van der Waals surface area contributed by atoms with Crippen molar-refractivity contribution in [1.29, 1.82) is 0 Å². The molecule has 0 aliphatic heterocycles. The smallest absolute Gasteiger partial charge is 0.407 e. The molecule has 0 saturated heterocycles. The van der Waals surface area contributed by atoms with Crippen molar-refractivity contribution in [3.05, 3.63) is 34.9 Å². The average molecular weight is 328 g/mol. The molecule has 0 heterocycles. The highest BCUT2D eigenvalue weighted by Gasteiger charge is 2.22. The molecule has 22 heavy (non-hydrogen) atoms. The van der Waals surface area contributed by atoms with Gasteiger partial charge in [-0.25, -0.2) is 4.79 Å². The maximum Gasteiger partial charge on any atom is 0.407 e. The highest BCUT2D eigenvalue weighted by Crippen LogP contribution is 2.17. The normalized spacial score (nSPS) is 12.6. The minimum absolute atomic E-state index is 0.0802. The number of benzene rings is 1. The molecule has 1 unspecified atom stereocenters. The van der Waals surface area contributed by atoms with Crippen LogP contribution in [0.15, 0.2) is 24.3 Å². The van der Waals surface area contributed by atoms with Gasteiger partial charge in [0.1, 0.15) is 5.60 Å². The molecule has 0 aliphatic carbocycles. The van der Waals surface area contributed by atoms with Crippen LogP contribution in [0.3, 0.4) is 0 Å². The highest BCUT2D eigenvalue weighted by molar-refractivity contribution is 6.33. The zero-order valence-electron chi connectivity index (χ0n) is 13.3. The SMILES string of the molecule is COCC(CC(=O)c1ccccc1Cl)NC(=O)OC(C)(C)C. The largest absolute Gasteiger partial charge is 0.444 e. The lowest BCUT2D eigenvalue weighted by Crippen LogP contribution is -2.42. The Balaban J connectivity index is 2.70. The topological polar surface area (TPSA) is 64.6 Å². The molecule has 1 aromatic rings. The third kappa shape index (κ3) is 6.45. The van der Waals surface area contributed by atoms with Gasteiger partial charge in [0.15, 0.2) is 5.78 Å². The maximum atomic E-state index is 12.3. The number of nitrogens with one attached hydrogen (secondary N) is 1. The van der Waals surface area contributed by atoms with Crippen LogP contribution >= 0.6 is 11.6 Å². The monoisotopic (exact) mass is 327 g/mol. The first kappa shape index (κ1) is 18.5. The van der Waals surface area contributed by atoms with E-state index in [2.05, 4.69) is 5.32 Å². The number of carbonyl (C=O) groups is 2. The van der Waals surface area contributed by atoms with Crippen LogP contribution in [-0.2, 0) is 9.47 Å². The van der Waals surface area contributed by atoms with Crippen molar-refractivity contribution in [3.8, 4) is 0 Å². The summed E-state index contributed by atoms with van der Waals surface area (Å²) in [6, 6.07) is 6.32. The summed E-state index contributed by atoms with van der Waals surface area (Å²) in [7, 11) is 1.50. The fourth-order valence-corrected chi connectivity index (χ4v) is 2.09. The number of ketones is 1. The number of ether oxygens (including phenoxy) is 2. The van der Waals surface area contributed by atoms with Crippen molar-refractivity contribution in [2.24, 2.45) is 0 Å². The van der Waals surface area contributed by atoms with Gasteiger partial charge in [0.25, 0.3) is 0 Å². The van der Waals surface area contributed by atoms with E-state index < -0.39 is 17.7 Å². The molecule has 1 atom stereocenters. The first-order chi connectivity index (χ1) is 10.2. The molecule has 5 nitrogen and oxygen atoms in total. The maximum absolute atomic E-state index is 12.3. The van der Waals surface area contributed by atoms with E-state index in [1.54, 1.807) is 45.0 Å². The summed E-state index contributed by atoms with van der Waals surface area (Å²) in [6.45, 7) is 5.52. The number of amides is 1. The number of methoxy groups -OCH3 is 1. The van der Waals surface area contributed by atoms with Gasteiger partial charge in [-0.2, -0.15) is 0 Å². The van der Waals surface area contributed by atoms with Crippen LogP contribution in [0, 0.1) is 0 Å². The molecule has 0 radical (unpaired) electrons. The molecule has 0 aromatic heterocycles. The van der Waals surface area contributed by atoms with Gasteiger partial charge in [0.2, 0.25) is 0 Å². The number of hydrogen-bond acceptors (Lipinski definition) is 4. The minimum Gasteiger partial charge on any atom is -0.444 e. The zero-order chi connectivity index (χ0) is 16.8. The van der Waals surface area contributed by atoms with E-state index in [1.807, 2.05) is 0 Å². The Bertz CT molecular complexity index is 525. The standard InChI is InChI=1S/C16H22ClNO4/c1-16(2,3)22-15(20)18-11(10-21-4)9-14(19)12-7-5-6-8-13(12)17/h5-8,11H,9-10H2,1-4H3,(H,18,20). The lowest BCUT2D eigenvalue weighted by molar-refractivity contribution is 0.0464. The Morgan fingerprint density at radius 3 is 2.45 bits per heavy atom. The lowest BCUT2D eigenvalue weighted by Gasteiger charge is -2.23. The predicted octanol–water partition coefficient (Wildman–Crippen LogP) is 3.45. The highest BCUT2D eigenvalue weighted by atomic mass is 35.5. The number of rotatable bonds is 6. The molecule has 1 aromatic carbocycles. The van der Waals surface area contributed by atoms with Crippen LogP contribution in [0.2, 0.25) is 5.02 Å². The van der Waals surface area contributed by atoms with Crippen molar-refractivity contribution in [1.82, 2.24) is 5.32 Å². The first-order valence-corrected chi connectivity index (χ1v) is 7.37.